The molecule has 0 aliphatic carbocycles. The number of carbonyl (C=O) groups is 2. The van der Waals surface area contributed by atoms with Crippen molar-refractivity contribution in [3.63, 3.8) is 0 Å². The molecule has 0 bridgehead atoms. The lowest BCUT2D eigenvalue weighted by Gasteiger charge is -2.26. The third-order valence-corrected chi connectivity index (χ3v) is 7.93. The molecule has 0 saturated heterocycles. The Morgan fingerprint density at radius 2 is 0.644 bits per heavy atom. The van der Waals surface area contributed by atoms with Gasteiger partial charge in [0, 0.05) is 27.7 Å². The number of hydrogen-bond acceptors (Lipinski definition) is 4. The van der Waals surface area contributed by atoms with Crippen LogP contribution in [0, 0.1) is 0 Å². The Kier molecular flexibility index (Phi) is 8.39. The molecule has 0 N–H and O–H groups in total. The van der Waals surface area contributed by atoms with Gasteiger partial charge in [-0.1, -0.05) is 98.8 Å². The van der Waals surface area contributed by atoms with E-state index >= 15 is 0 Å². The summed E-state index contributed by atoms with van der Waals surface area (Å²) in [6, 6.07) is 49.1. The molecule has 0 spiro atoms. The third kappa shape index (κ3) is 6.76. The second-order valence-corrected chi connectivity index (χ2v) is 11.3. The number of benzene rings is 6. The molecule has 0 heterocycles. The van der Waals surface area contributed by atoms with E-state index in [9.17, 15) is 9.59 Å². The van der Waals surface area contributed by atoms with Gasteiger partial charge in [-0.15, -0.1) is 0 Å². The number of hydrogen-bond donors (Lipinski definition) is 0. The van der Waals surface area contributed by atoms with Crippen LogP contribution in [0.1, 0.15) is 56.8 Å². The van der Waals surface area contributed by atoms with Gasteiger partial charge in [-0.05, 0) is 83.9 Å². The van der Waals surface area contributed by atoms with Gasteiger partial charge in [0.25, 0.3) is 0 Å². The normalized spacial score (nSPS) is 11.1. The highest BCUT2D eigenvalue weighted by molar-refractivity contribution is 6.09. The third-order valence-electron chi connectivity index (χ3n) is 7.93. The van der Waals surface area contributed by atoms with Gasteiger partial charge in [0.1, 0.15) is 23.0 Å². The average molecular weight is 589 g/mol. The second kappa shape index (κ2) is 12.9. The Morgan fingerprint density at radius 1 is 0.378 bits per heavy atom. The van der Waals surface area contributed by atoms with E-state index in [1.165, 1.54) is 0 Å². The topological polar surface area (TPSA) is 52.6 Å². The SMILES string of the molecule is CC(C)(c1ccc(Oc2ccc(C(=O)c3ccccc3)cc2)cc1)c1ccc(Oc2ccc(C(=O)c3ccccc3)cc2)cc1. The summed E-state index contributed by atoms with van der Waals surface area (Å²) in [4.78, 5) is 25.4. The van der Waals surface area contributed by atoms with Gasteiger partial charge in [0.2, 0.25) is 0 Å². The van der Waals surface area contributed by atoms with Crippen molar-refractivity contribution in [1.29, 1.82) is 0 Å². The van der Waals surface area contributed by atoms with E-state index in [4.69, 9.17) is 9.47 Å². The first-order valence-corrected chi connectivity index (χ1v) is 14.8. The number of carbonyl (C=O) groups excluding carboxylic acids is 2. The first kappa shape index (κ1) is 29.3. The molecule has 0 aliphatic heterocycles. The van der Waals surface area contributed by atoms with Crippen molar-refractivity contribution in [2.45, 2.75) is 19.3 Å². The van der Waals surface area contributed by atoms with Crippen LogP contribution >= 0.6 is 0 Å². The summed E-state index contributed by atoms with van der Waals surface area (Å²) in [7, 11) is 0. The fourth-order valence-corrected chi connectivity index (χ4v) is 5.18. The Labute approximate surface area is 263 Å². The first-order valence-electron chi connectivity index (χ1n) is 14.8. The summed E-state index contributed by atoms with van der Waals surface area (Å²) in [6.07, 6.45) is 0. The lowest BCUT2D eigenvalue weighted by atomic mass is 9.78. The molecule has 0 aliphatic rings. The molecule has 6 aromatic carbocycles. The molecule has 0 aromatic heterocycles. The minimum absolute atomic E-state index is 0.0146. The van der Waals surface area contributed by atoms with E-state index in [1.54, 1.807) is 24.3 Å². The summed E-state index contributed by atoms with van der Waals surface area (Å²) < 4.78 is 12.1. The second-order valence-electron chi connectivity index (χ2n) is 11.3. The zero-order chi connectivity index (χ0) is 31.2. The van der Waals surface area contributed by atoms with Gasteiger partial charge < -0.3 is 9.47 Å². The Morgan fingerprint density at radius 3 is 0.956 bits per heavy atom. The van der Waals surface area contributed by atoms with Crippen molar-refractivity contribution in [2.24, 2.45) is 0 Å². The molecule has 0 atom stereocenters. The lowest BCUT2D eigenvalue weighted by Crippen LogP contribution is -2.18. The van der Waals surface area contributed by atoms with Crippen LogP contribution in [0.3, 0.4) is 0 Å². The Balaban J connectivity index is 1.07. The largest absolute Gasteiger partial charge is 0.457 e. The summed E-state index contributed by atoms with van der Waals surface area (Å²) >= 11 is 0. The van der Waals surface area contributed by atoms with Gasteiger partial charge >= 0.3 is 0 Å². The monoisotopic (exact) mass is 588 g/mol. The van der Waals surface area contributed by atoms with Crippen molar-refractivity contribution in [3.05, 3.63) is 191 Å². The summed E-state index contributed by atoms with van der Waals surface area (Å²) in [5.41, 5.74) is 4.60. The van der Waals surface area contributed by atoms with E-state index in [2.05, 4.69) is 38.1 Å². The van der Waals surface area contributed by atoms with E-state index < -0.39 is 0 Å². The highest BCUT2D eigenvalue weighted by atomic mass is 16.5. The van der Waals surface area contributed by atoms with Crippen molar-refractivity contribution in [1.82, 2.24) is 0 Å². The molecule has 0 amide bonds. The van der Waals surface area contributed by atoms with Gasteiger partial charge in [-0.25, -0.2) is 0 Å². The maximum atomic E-state index is 12.7. The smallest absolute Gasteiger partial charge is 0.193 e. The summed E-state index contributed by atoms with van der Waals surface area (Å²) in [5.74, 6) is 2.74. The minimum atomic E-state index is -0.254. The van der Waals surface area contributed by atoms with Crippen LogP contribution in [0.5, 0.6) is 23.0 Å². The summed E-state index contributed by atoms with van der Waals surface area (Å²) in [6.45, 7) is 4.37. The molecule has 220 valence electrons. The maximum Gasteiger partial charge on any atom is 0.193 e. The molecule has 6 aromatic rings. The highest BCUT2D eigenvalue weighted by Gasteiger charge is 2.23. The average Bonchev–Trinajstić information content (AvgIpc) is 3.09. The zero-order valence-electron chi connectivity index (χ0n) is 25.1. The van der Waals surface area contributed by atoms with Gasteiger partial charge in [-0.3, -0.25) is 9.59 Å². The maximum absolute atomic E-state index is 12.7. The number of rotatable bonds is 10. The lowest BCUT2D eigenvalue weighted by molar-refractivity contribution is 0.103. The van der Waals surface area contributed by atoms with Crippen LogP contribution < -0.4 is 9.47 Å². The number of ether oxygens (including phenoxy) is 2. The molecule has 0 unspecified atom stereocenters. The van der Waals surface area contributed by atoms with Crippen LogP contribution in [0.2, 0.25) is 0 Å². The van der Waals surface area contributed by atoms with E-state index in [0.717, 1.165) is 22.6 Å². The standard InChI is InChI=1S/C41H32O4/c1-41(2,33-17-25-37(26-18-33)44-35-21-13-31(14-22-35)39(42)29-9-5-3-6-10-29)34-19-27-38(28-20-34)45-36-23-15-32(16-24-36)40(43)30-11-7-4-8-12-30/h3-28H,1-2H3. The van der Waals surface area contributed by atoms with E-state index in [-0.39, 0.29) is 17.0 Å². The van der Waals surface area contributed by atoms with Gasteiger partial charge in [0.15, 0.2) is 11.6 Å². The predicted molar refractivity (Wildman–Crippen MR) is 178 cm³/mol. The van der Waals surface area contributed by atoms with Gasteiger partial charge in [-0.2, -0.15) is 0 Å². The molecule has 4 nitrogen and oxygen atoms in total. The van der Waals surface area contributed by atoms with Crippen LogP contribution in [-0.4, -0.2) is 11.6 Å². The molecule has 0 saturated carbocycles. The molecule has 6 rings (SSSR count). The molecular weight excluding hydrogens is 556 g/mol. The Hall–Kier alpha value is -5.74. The van der Waals surface area contributed by atoms with Gasteiger partial charge in [0.05, 0.1) is 0 Å². The minimum Gasteiger partial charge on any atom is -0.457 e. The molecule has 0 fully saturated rings. The first-order chi connectivity index (χ1) is 21.9. The molecule has 4 heteroatoms. The summed E-state index contributed by atoms with van der Waals surface area (Å²) in [5, 5.41) is 0. The fraction of sp³-hybridized carbons (Fsp3) is 0.0732. The quantitative estimate of drug-likeness (QED) is 0.149. The van der Waals surface area contributed by atoms with Crippen LogP contribution in [0.25, 0.3) is 0 Å². The van der Waals surface area contributed by atoms with E-state index in [0.29, 0.717) is 33.8 Å². The van der Waals surface area contributed by atoms with Crippen molar-refractivity contribution < 1.29 is 19.1 Å². The van der Waals surface area contributed by atoms with Crippen LogP contribution in [0.4, 0.5) is 0 Å². The van der Waals surface area contributed by atoms with Crippen molar-refractivity contribution >= 4 is 11.6 Å². The highest BCUT2D eigenvalue weighted by Crippen LogP contribution is 2.35. The molecular formula is C41H32O4. The van der Waals surface area contributed by atoms with E-state index in [1.807, 2.05) is 109 Å². The van der Waals surface area contributed by atoms with Crippen LogP contribution in [-0.2, 0) is 5.41 Å². The van der Waals surface area contributed by atoms with Crippen LogP contribution in [0.15, 0.2) is 158 Å². The number of ketones is 2. The zero-order valence-corrected chi connectivity index (χ0v) is 25.1. The Bertz CT molecular complexity index is 1750. The van der Waals surface area contributed by atoms with Crippen molar-refractivity contribution in [3.8, 4) is 23.0 Å². The molecule has 0 radical (unpaired) electrons. The predicted octanol–water partition coefficient (Wildman–Crippen LogP) is 10.1. The fourth-order valence-electron chi connectivity index (χ4n) is 5.18. The van der Waals surface area contributed by atoms with Crippen molar-refractivity contribution in [2.75, 3.05) is 0 Å². The molecule has 45 heavy (non-hydrogen) atoms.